The molecule has 2 amide bonds. The van der Waals surface area contributed by atoms with Gasteiger partial charge in [0.25, 0.3) is 0 Å². The van der Waals surface area contributed by atoms with Gasteiger partial charge in [-0.3, -0.25) is 13.9 Å². The Labute approximate surface area is 232 Å². The highest BCUT2D eigenvalue weighted by Gasteiger charge is 2.33. The van der Waals surface area contributed by atoms with Gasteiger partial charge in [0.05, 0.1) is 11.9 Å². The molecule has 0 fully saturated rings. The molecular formula is C31H39N3O4S. The fraction of sp³-hybridized carbons (Fsp3) is 0.355. The van der Waals surface area contributed by atoms with Gasteiger partial charge in [0.15, 0.2) is 0 Å². The van der Waals surface area contributed by atoms with Crippen LogP contribution in [0.1, 0.15) is 42.0 Å². The zero-order chi connectivity index (χ0) is 28.4. The van der Waals surface area contributed by atoms with Crippen LogP contribution in [0.2, 0.25) is 0 Å². The number of sulfonamides is 1. The second-order valence-corrected chi connectivity index (χ2v) is 11.8. The van der Waals surface area contributed by atoms with Crippen LogP contribution in [-0.4, -0.2) is 50.5 Å². The summed E-state index contributed by atoms with van der Waals surface area (Å²) >= 11 is 0. The summed E-state index contributed by atoms with van der Waals surface area (Å²) in [4.78, 5) is 29.1. The number of hydrogen-bond acceptors (Lipinski definition) is 4. The molecule has 3 aromatic carbocycles. The number of anilines is 1. The van der Waals surface area contributed by atoms with Crippen LogP contribution in [0.25, 0.3) is 0 Å². The van der Waals surface area contributed by atoms with E-state index in [1.807, 2.05) is 93.6 Å². The first-order chi connectivity index (χ1) is 18.6. The van der Waals surface area contributed by atoms with Crippen LogP contribution >= 0.6 is 0 Å². The summed E-state index contributed by atoms with van der Waals surface area (Å²) in [6, 6.07) is 23.6. The van der Waals surface area contributed by atoms with E-state index in [1.165, 1.54) is 4.90 Å². The van der Waals surface area contributed by atoms with Gasteiger partial charge in [-0.25, -0.2) is 8.42 Å². The third kappa shape index (κ3) is 8.68. The summed E-state index contributed by atoms with van der Waals surface area (Å²) < 4.78 is 27.0. The average Bonchev–Trinajstić information content (AvgIpc) is 2.90. The molecule has 1 atom stereocenters. The van der Waals surface area contributed by atoms with Crippen molar-refractivity contribution >= 4 is 27.5 Å². The Bertz CT molecular complexity index is 1340. The normalized spacial score (nSPS) is 12.0. The first-order valence-electron chi connectivity index (χ1n) is 13.3. The van der Waals surface area contributed by atoms with Crippen molar-refractivity contribution in [2.24, 2.45) is 0 Å². The Morgan fingerprint density at radius 1 is 0.897 bits per heavy atom. The zero-order valence-electron chi connectivity index (χ0n) is 23.3. The molecule has 0 bridgehead atoms. The summed E-state index contributed by atoms with van der Waals surface area (Å²) in [5.74, 6) is -0.704. The number of aryl methyl sites for hydroxylation is 2. The number of amides is 2. The molecule has 0 radical (unpaired) electrons. The van der Waals surface area contributed by atoms with Crippen LogP contribution < -0.4 is 9.62 Å². The van der Waals surface area contributed by atoms with E-state index in [2.05, 4.69) is 5.32 Å². The van der Waals surface area contributed by atoms with E-state index < -0.39 is 28.5 Å². The van der Waals surface area contributed by atoms with Crippen molar-refractivity contribution in [2.75, 3.05) is 23.7 Å². The Morgan fingerprint density at radius 2 is 1.51 bits per heavy atom. The van der Waals surface area contributed by atoms with E-state index in [1.54, 1.807) is 6.07 Å². The lowest BCUT2D eigenvalue weighted by atomic mass is 10.0. The molecule has 7 nitrogen and oxygen atoms in total. The van der Waals surface area contributed by atoms with Crippen LogP contribution in [0, 0.1) is 13.8 Å². The minimum absolute atomic E-state index is 0.169. The van der Waals surface area contributed by atoms with Crippen LogP contribution in [-0.2, 0) is 32.6 Å². The van der Waals surface area contributed by atoms with E-state index in [4.69, 9.17) is 0 Å². The maximum Gasteiger partial charge on any atom is 0.244 e. The lowest BCUT2D eigenvalue weighted by Crippen LogP contribution is -2.53. The Morgan fingerprint density at radius 3 is 2.08 bits per heavy atom. The molecule has 0 saturated carbocycles. The van der Waals surface area contributed by atoms with Crippen molar-refractivity contribution in [1.82, 2.24) is 10.2 Å². The van der Waals surface area contributed by atoms with Gasteiger partial charge in [-0.15, -0.1) is 0 Å². The topological polar surface area (TPSA) is 86.8 Å². The van der Waals surface area contributed by atoms with Crippen molar-refractivity contribution in [2.45, 2.75) is 52.6 Å². The van der Waals surface area contributed by atoms with E-state index in [0.717, 1.165) is 45.7 Å². The van der Waals surface area contributed by atoms with E-state index >= 15 is 0 Å². The highest BCUT2D eigenvalue weighted by Crippen LogP contribution is 2.24. The van der Waals surface area contributed by atoms with Gasteiger partial charge in [-0.1, -0.05) is 91.7 Å². The summed E-state index contributed by atoms with van der Waals surface area (Å²) in [6.45, 7) is 6.06. The van der Waals surface area contributed by atoms with Crippen LogP contribution in [0.15, 0.2) is 78.9 Å². The third-order valence-electron chi connectivity index (χ3n) is 6.60. The molecule has 0 saturated heterocycles. The summed E-state index contributed by atoms with van der Waals surface area (Å²) in [7, 11) is -3.79. The monoisotopic (exact) mass is 549 g/mol. The standard InChI is InChI=1S/C31H39N3O4S/c1-5-6-19-32-31(36)29(21-26-13-9-7-10-14-26)33(22-27-15-11-8-12-16-27)30(35)23-34(39(4,37)38)28-18-17-24(2)20-25(28)3/h7-18,20,29H,5-6,19,21-23H2,1-4H3,(H,32,36)/t29-/m0/s1. The second kappa shape index (κ2) is 13.9. The molecule has 8 heteroatoms. The molecule has 0 unspecified atom stereocenters. The smallest absolute Gasteiger partial charge is 0.244 e. The van der Waals surface area contributed by atoms with Gasteiger partial charge in [-0.05, 0) is 43.0 Å². The van der Waals surface area contributed by atoms with Crippen molar-refractivity contribution in [1.29, 1.82) is 0 Å². The first kappa shape index (κ1) is 29.9. The first-order valence-corrected chi connectivity index (χ1v) is 15.1. The molecular weight excluding hydrogens is 510 g/mol. The van der Waals surface area contributed by atoms with Gasteiger partial charge < -0.3 is 10.2 Å². The van der Waals surface area contributed by atoms with Crippen molar-refractivity contribution in [3.63, 3.8) is 0 Å². The van der Waals surface area contributed by atoms with Gasteiger partial charge in [0.1, 0.15) is 12.6 Å². The number of carbonyl (C=O) groups is 2. The number of rotatable bonds is 13. The maximum atomic E-state index is 14.1. The zero-order valence-corrected chi connectivity index (χ0v) is 24.1. The molecule has 3 aromatic rings. The maximum absolute atomic E-state index is 14.1. The average molecular weight is 550 g/mol. The number of hydrogen-bond donors (Lipinski definition) is 1. The molecule has 39 heavy (non-hydrogen) atoms. The van der Waals surface area contributed by atoms with Gasteiger partial charge in [0, 0.05) is 19.5 Å². The molecule has 208 valence electrons. The number of nitrogens with one attached hydrogen (secondary N) is 1. The van der Waals surface area contributed by atoms with E-state index in [0.29, 0.717) is 18.7 Å². The summed E-state index contributed by atoms with van der Waals surface area (Å²) in [5.41, 5.74) is 3.95. The fourth-order valence-electron chi connectivity index (χ4n) is 4.52. The Hall–Kier alpha value is -3.65. The van der Waals surface area contributed by atoms with Crippen LogP contribution in [0.3, 0.4) is 0 Å². The molecule has 0 aliphatic rings. The van der Waals surface area contributed by atoms with E-state index in [-0.39, 0.29) is 12.5 Å². The Kier molecular flexibility index (Phi) is 10.7. The molecule has 0 aliphatic carbocycles. The minimum Gasteiger partial charge on any atom is -0.354 e. The Balaban J connectivity index is 2.03. The lowest BCUT2D eigenvalue weighted by Gasteiger charge is -2.34. The van der Waals surface area contributed by atoms with Crippen molar-refractivity contribution < 1.29 is 18.0 Å². The quantitative estimate of drug-likeness (QED) is 0.315. The van der Waals surface area contributed by atoms with Gasteiger partial charge in [-0.2, -0.15) is 0 Å². The van der Waals surface area contributed by atoms with Gasteiger partial charge >= 0.3 is 0 Å². The predicted octanol–water partition coefficient (Wildman–Crippen LogP) is 4.63. The second-order valence-electron chi connectivity index (χ2n) is 9.92. The number of unbranched alkanes of at least 4 members (excludes halogenated alkanes) is 1. The molecule has 0 spiro atoms. The predicted molar refractivity (Wildman–Crippen MR) is 157 cm³/mol. The number of carbonyl (C=O) groups excluding carboxylic acids is 2. The summed E-state index contributed by atoms with van der Waals surface area (Å²) in [5, 5.41) is 2.99. The molecule has 0 aromatic heterocycles. The number of nitrogens with zero attached hydrogens (tertiary/aromatic N) is 2. The minimum atomic E-state index is -3.79. The SMILES string of the molecule is CCCCNC(=O)[C@H](Cc1ccccc1)N(Cc1ccccc1)C(=O)CN(c1ccc(C)cc1C)S(C)(=O)=O. The largest absolute Gasteiger partial charge is 0.354 e. The molecule has 0 heterocycles. The molecule has 3 rings (SSSR count). The highest BCUT2D eigenvalue weighted by atomic mass is 32.2. The lowest BCUT2D eigenvalue weighted by molar-refractivity contribution is -0.140. The number of benzene rings is 3. The van der Waals surface area contributed by atoms with Crippen molar-refractivity contribution in [3.05, 3.63) is 101 Å². The van der Waals surface area contributed by atoms with Crippen molar-refractivity contribution in [3.8, 4) is 0 Å². The van der Waals surface area contributed by atoms with Gasteiger partial charge in [0.2, 0.25) is 21.8 Å². The van der Waals surface area contributed by atoms with Crippen LogP contribution in [0.5, 0.6) is 0 Å². The molecule has 0 aliphatic heterocycles. The fourth-order valence-corrected chi connectivity index (χ4v) is 5.43. The molecule has 1 N–H and O–H groups in total. The van der Waals surface area contributed by atoms with E-state index in [9.17, 15) is 18.0 Å². The summed E-state index contributed by atoms with van der Waals surface area (Å²) in [6.07, 6.45) is 3.15. The highest BCUT2D eigenvalue weighted by molar-refractivity contribution is 7.92. The third-order valence-corrected chi connectivity index (χ3v) is 7.72. The van der Waals surface area contributed by atoms with Crippen LogP contribution in [0.4, 0.5) is 5.69 Å².